The van der Waals surface area contributed by atoms with Gasteiger partial charge in [0.05, 0.1) is 5.69 Å². The quantitative estimate of drug-likeness (QED) is 0.846. The van der Waals surface area contributed by atoms with Crippen molar-refractivity contribution in [2.75, 3.05) is 25.1 Å². The molecule has 0 bridgehead atoms. The number of para-hydroxylation sites is 2. The minimum absolute atomic E-state index is 0.0431. The fraction of sp³-hybridized carbons (Fsp3) is 0.235. The molecule has 0 atom stereocenters. The van der Waals surface area contributed by atoms with Gasteiger partial charge < -0.3 is 20.1 Å². The Morgan fingerprint density at radius 2 is 1.77 bits per heavy atom. The van der Waals surface area contributed by atoms with Gasteiger partial charge in [0.1, 0.15) is 12.4 Å². The predicted molar refractivity (Wildman–Crippen MR) is 83.2 cm³/mol. The van der Waals surface area contributed by atoms with Crippen LogP contribution in [0, 0.1) is 0 Å². The first-order valence-electron chi connectivity index (χ1n) is 7.34. The summed E-state index contributed by atoms with van der Waals surface area (Å²) < 4.78 is 11.6. The molecule has 1 amide bonds. The molecule has 2 aliphatic heterocycles. The minimum Gasteiger partial charge on any atom is -0.491 e. The molecular weight excluding hydrogens is 280 g/mol. The maximum Gasteiger partial charge on any atom is 0.262 e. The van der Waals surface area contributed by atoms with Crippen molar-refractivity contribution in [2.24, 2.45) is 0 Å². The number of carbonyl (C=O) groups is 1. The Balaban J connectivity index is 1.87. The van der Waals surface area contributed by atoms with E-state index in [0.29, 0.717) is 18.0 Å². The van der Waals surface area contributed by atoms with Crippen LogP contribution in [0.15, 0.2) is 36.4 Å². The molecule has 4 rings (SSSR count). The van der Waals surface area contributed by atoms with Gasteiger partial charge in [0.25, 0.3) is 5.91 Å². The van der Waals surface area contributed by atoms with Gasteiger partial charge in [-0.1, -0.05) is 30.3 Å². The Kier molecular flexibility index (Phi) is 3.20. The van der Waals surface area contributed by atoms with Crippen LogP contribution in [0.4, 0.5) is 5.69 Å². The highest BCUT2D eigenvalue weighted by atomic mass is 16.5. The van der Waals surface area contributed by atoms with Crippen molar-refractivity contribution >= 4 is 11.6 Å². The third-order valence-electron chi connectivity index (χ3n) is 3.86. The number of hydrogen-bond acceptors (Lipinski definition) is 4. The van der Waals surface area contributed by atoms with Crippen LogP contribution < -0.4 is 20.1 Å². The minimum atomic E-state index is -0.128. The molecule has 5 nitrogen and oxygen atoms in total. The largest absolute Gasteiger partial charge is 0.491 e. The number of fused-ring (bicyclic) bond motifs is 2. The molecule has 0 saturated heterocycles. The van der Waals surface area contributed by atoms with Gasteiger partial charge >= 0.3 is 0 Å². The van der Waals surface area contributed by atoms with Crippen LogP contribution in [0.25, 0.3) is 11.1 Å². The summed E-state index contributed by atoms with van der Waals surface area (Å²) >= 11 is 0. The van der Waals surface area contributed by atoms with Gasteiger partial charge in [0.15, 0.2) is 12.4 Å². The first-order chi connectivity index (χ1) is 10.8. The molecule has 0 radical (unpaired) electrons. The first kappa shape index (κ1) is 13.2. The van der Waals surface area contributed by atoms with Crippen LogP contribution in [0.1, 0.15) is 5.56 Å². The van der Waals surface area contributed by atoms with Gasteiger partial charge in [-0.15, -0.1) is 0 Å². The van der Waals surface area contributed by atoms with Gasteiger partial charge in [0, 0.05) is 29.8 Å². The summed E-state index contributed by atoms with van der Waals surface area (Å²) in [5.74, 6) is 1.47. The standard InChI is InChI=1S/C17H16N2O3/c20-15-10-22-17-13(5-2-6-14(17)19-15)12-4-1-3-11-9-18-7-8-21-16(11)12/h1-6,18H,7-10H2,(H,19,20). The van der Waals surface area contributed by atoms with Crippen LogP contribution in [0.2, 0.25) is 0 Å². The monoisotopic (exact) mass is 296 g/mol. The van der Waals surface area contributed by atoms with E-state index in [9.17, 15) is 4.79 Å². The SMILES string of the molecule is O=C1COc2c(cccc2-c2cccc3c2OCCNC3)N1. The van der Waals surface area contributed by atoms with E-state index in [4.69, 9.17) is 9.47 Å². The highest BCUT2D eigenvalue weighted by molar-refractivity contribution is 5.98. The van der Waals surface area contributed by atoms with Gasteiger partial charge in [-0.25, -0.2) is 0 Å². The lowest BCUT2D eigenvalue weighted by Crippen LogP contribution is -2.25. The lowest BCUT2D eigenvalue weighted by atomic mass is 9.99. The van der Waals surface area contributed by atoms with E-state index in [1.807, 2.05) is 30.3 Å². The average molecular weight is 296 g/mol. The molecule has 0 aromatic heterocycles. The number of rotatable bonds is 1. The van der Waals surface area contributed by atoms with Crippen molar-refractivity contribution in [2.45, 2.75) is 6.54 Å². The number of carbonyl (C=O) groups excluding carboxylic acids is 1. The van der Waals surface area contributed by atoms with Gasteiger partial charge in [-0.05, 0) is 6.07 Å². The van der Waals surface area contributed by atoms with E-state index in [1.54, 1.807) is 0 Å². The van der Waals surface area contributed by atoms with E-state index < -0.39 is 0 Å². The van der Waals surface area contributed by atoms with Crippen molar-refractivity contribution in [1.29, 1.82) is 0 Å². The number of nitrogens with one attached hydrogen (secondary N) is 2. The molecule has 2 N–H and O–H groups in total. The van der Waals surface area contributed by atoms with Gasteiger partial charge in [-0.3, -0.25) is 4.79 Å². The maximum absolute atomic E-state index is 11.5. The Morgan fingerprint density at radius 3 is 2.68 bits per heavy atom. The lowest BCUT2D eigenvalue weighted by molar-refractivity contribution is -0.118. The van der Waals surface area contributed by atoms with Crippen molar-refractivity contribution in [1.82, 2.24) is 5.32 Å². The smallest absolute Gasteiger partial charge is 0.262 e. The highest BCUT2D eigenvalue weighted by Gasteiger charge is 2.22. The molecular formula is C17H16N2O3. The molecule has 0 spiro atoms. The Bertz CT molecular complexity index is 743. The predicted octanol–water partition coefficient (Wildman–Crippen LogP) is 2.17. The summed E-state index contributed by atoms with van der Waals surface area (Å²) in [5.41, 5.74) is 3.77. The second kappa shape index (κ2) is 5.35. The van der Waals surface area contributed by atoms with E-state index in [-0.39, 0.29) is 12.5 Å². The van der Waals surface area contributed by atoms with Crippen molar-refractivity contribution in [3.63, 3.8) is 0 Å². The number of ether oxygens (including phenoxy) is 2. The van der Waals surface area contributed by atoms with Gasteiger partial charge in [-0.2, -0.15) is 0 Å². The number of hydrogen-bond donors (Lipinski definition) is 2. The summed E-state index contributed by atoms with van der Waals surface area (Å²) in [7, 11) is 0. The molecule has 2 aromatic carbocycles. The van der Waals surface area contributed by atoms with Crippen LogP contribution in [0.3, 0.4) is 0 Å². The second-order valence-corrected chi connectivity index (χ2v) is 5.34. The highest BCUT2D eigenvalue weighted by Crippen LogP contribution is 2.43. The second-order valence-electron chi connectivity index (χ2n) is 5.34. The number of anilines is 1. The molecule has 2 aliphatic rings. The molecule has 112 valence electrons. The fourth-order valence-electron chi connectivity index (χ4n) is 2.88. The molecule has 2 aromatic rings. The van der Waals surface area contributed by atoms with Gasteiger partial charge in [0.2, 0.25) is 0 Å². The Labute approximate surface area is 128 Å². The zero-order valence-corrected chi connectivity index (χ0v) is 12.0. The van der Waals surface area contributed by atoms with Crippen LogP contribution in [-0.2, 0) is 11.3 Å². The molecule has 0 saturated carbocycles. The molecule has 2 heterocycles. The van der Waals surface area contributed by atoms with E-state index >= 15 is 0 Å². The van der Waals surface area contributed by atoms with Crippen LogP contribution in [-0.4, -0.2) is 25.7 Å². The number of benzene rings is 2. The van der Waals surface area contributed by atoms with E-state index in [2.05, 4.69) is 16.7 Å². The van der Waals surface area contributed by atoms with Crippen molar-refractivity contribution in [3.8, 4) is 22.6 Å². The summed E-state index contributed by atoms with van der Waals surface area (Å²) in [5, 5.41) is 6.18. The third-order valence-corrected chi connectivity index (χ3v) is 3.86. The first-order valence-corrected chi connectivity index (χ1v) is 7.34. The molecule has 0 aliphatic carbocycles. The molecule has 0 unspecified atom stereocenters. The zero-order valence-electron chi connectivity index (χ0n) is 12.0. The van der Waals surface area contributed by atoms with E-state index in [0.717, 1.165) is 35.5 Å². The normalized spacial score (nSPS) is 16.5. The molecule has 5 heteroatoms. The number of amides is 1. The summed E-state index contributed by atoms with van der Waals surface area (Å²) in [6.07, 6.45) is 0. The fourth-order valence-corrected chi connectivity index (χ4v) is 2.88. The maximum atomic E-state index is 11.5. The Hall–Kier alpha value is -2.53. The lowest BCUT2D eigenvalue weighted by Gasteiger charge is -2.22. The zero-order chi connectivity index (χ0) is 14.9. The average Bonchev–Trinajstić information content (AvgIpc) is 2.79. The summed E-state index contributed by atoms with van der Waals surface area (Å²) in [6, 6.07) is 11.9. The Morgan fingerprint density at radius 1 is 0.955 bits per heavy atom. The summed E-state index contributed by atoms with van der Waals surface area (Å²) in [4.78, 5) is 11.5. The van der Waals surface area contributed by atoms with Crippen molar-refractivity contribution < 1.29 is 14.3 Å². The van der Waals surface area contributed by atoms with Crippen LogP contribution >= 0.6 is 0 Å². The third kappa shape index (κ3) is 2.19. The topological polar surface area (TPSA) is 59.6 Å². The van der Waals surface area contributed by atoms with Crippen LogP contribution in [0.5, 0.6) is 11.5 Å². The van der Waals surface area contributed by atoms with E-state index in [1.165, 1.54) is 0 Å². The van der Waals surface area contributed by atoms with Crippen molar-refractivity contribution in [3.05, 3.63) is 42.0 Å². The molecule has 22 heavy (non-hydrogen) atoms. The summed E-state index contributed by atoms with van der Waals surface area (Å²) in [6.45, 7) is 2.29. The molecule has 0 fully saturated rings.